The van der Waals surface area contributed by atoms with E-state index in [9.17, 15) is 14.0 Å². The lowest BCUT2D eigenvalue weighted by molar-refractivity contribution is -0.120. The van der Waals surface area contributed by atoms with Crippen molar-refractivity contribution in [1.82, 2.24) is 0 Å². The maximum atomic E-state index is 13.5. The zero-order valence-corrected chi connectivity index (χ0v) is 16.9. The van der Waals surface area contributed by atoms with E-state index in [1.807, 2.05) is 6.07 Å². The van der Waals surface area contributed by atoms with Gasteiger partial charge in [0.15, 0.2) is 0 Å². The summed E-state index contributed by atoms with van der Waals surface area (Å²) in [5.41, 5.74) is 1.62. The van der Waals surface area contributed by atoms with Crippen LogP contribution in [0.1, 0.15) is 5.56 Å². The first-order valence-electron chi connectivity index (χ1n) is 9.46. The van der Waals surface area contributed by atoms with Crippen LogP contribution in [-0.4, -0.2) is 26.0 Å². The largest absolute Gasteiger partial charge is 0.497 e. The van der Waals surface area contributed by atoms with E-state index in [1.165, 1.54) is 38.5 Å². The van der Waals surface area contributed by atoms with E-state index in [-0.39, 0.29) is 17.0 Å². The van der Waals surface area contributed by atoms with E-state index in [2.05, 4.69) is 5.32 Å². The minimum absolute atomic E-state index is 0.0904. The lowest BCUT2D eigenvalue weighted by atomic mass is 10.0. The minimum Gasteiger partial charge on any atom is -0.497 e. The molecule has 1 aliphatic heterocycles. The van der Waals surface area contributed by atoms with Crippen molar-refractivity contribution >= 4 is 28.8 Å². The molecule has 6 nitrogen and oxygen atoms in total. The number of amides is 2. The van der Waals surface area contributed by atoms with Gasteiger partial charge in [-0.1, -0.05) is 30.3 Å². The number of ether oxygens (including phenoxy) is 2. The zero-order chi connectivity index (χ0) is 22.0. The SMILES string of the molecule is COc1ccc(OC)c(N2C(=O)C(Nc3ccc(F)cc3)=C(c3ccccc3)C2=O)c1. The molecular formula is C24H19FN2O4. The number of methoxy groups -OCH3 is 2. The zero-order valence-electron chi connectivity index (χ0n) is 16.9. The first kappa shape index (κ1) is 20.2. The summed E-state index contributed by atoms with van der Waals surface area (Å²) in [7, 11) is 2.95. The van der Waals surface area contributed by atoms with Gasteiger partial charge in [0.05, 0.1) is 25.5 Å². The normalized spacial score (nSPS) is 13.6. The second-order valence-corrected chi connectivity index (χ2v) is 6.73. The highest BCUT2D eigenvalue weighted by Gasteiger charge is 2.41. The Hall–Kier alpha value is -4.13. The average Bonchev–Trinajstić information content (AvgIpc) is 3.04. The Morgan fingerprint density at radius 3 is 2.19 bits per heavy atom. The molecule has 0 radical (unpaired) electrons. The van der Waals surface area contributed by atoms with Gasteiger partial charge in [-0.2, -0.15) is 0 Å². The molecule has 2 amide bonds. The third-order valence-electron chi connectivity index (χ3n) is 4.89. The maximum absolute atomic E-state index is 13.5. The third kappa shape index (κ3) is 3.73. The van der Waals surface area contributed by atoms with Crippen molar-refractivity contribution in [3.63, 3.8) is 0 Å². The van der Waals surface area contributed by atoms with Gasteiger partial charge in [-0.25, -0.2) is 9.29 Å². The third-order valence-corrected chi connectivity index (χ3v) is 4.89. The van der Waals surface area contributed by atoms with Gasteiger partial charge >= 0.3 is 0 Å². The number of rotatable bonds is 6. The molecule has 0 atom stereocenters. The van der Waals surface area contributed by atoms with Gasteiger partial charge in [0.2, 0.25) is 0 Å². The summed E-state index contributed by atoms with van der Waals surface area (Å²) in [6, 6.07) is 19.3. The van der Waals surface area contributed by atoms with Crippen molar-refractivity contribution < 1.29 is 23.5 Å². The van der Waals surface area contributed by atoms with Crippen LogP contribution in [-0.2, 0) is 9.59 Å². The molecule has 1 N–H and O–H groups in total. The molecule has 0 unspecified atom stereocenters. The molecule has 0 spiro atoms. The van der Waals surface area contributed by atoms with Gasteiger partial charge in [0, 0.05) is 11.8 Å². The van der Waals surface area contributed by atoms with Crippen molar-refractivity contribution in [2.45, 2.75) is 0 Å². The highest BCUT2D eigenvalue weighted by Crippen LogP contribution is 2.39. The second-order valence-electron chi connectivity index (χ2n) is 6.73. The number of hydrogen-bond acceptors (Lipinski definition) is 5. The molecule has 3 aromatic carbocycles. The first-order chi connectivity index (χ1) is 15.0. The fourth-order valence-corrected chi connectivity index (χ4v) is 3.39. The summed E-state index contributed by atoms with van der Waals surface area (Å²) in [5, 5.41) is 2.99. The summed E-state index contributed by atoms with van der Waals surface area (Å²) in [5.74, 6) is -0.651. The maximum Gasteiger partial charge on any atom is 0.282 e. The van der Waals surface area contributed by atoms with Gasteiger partial charge in [0.25, 0.3) is 11.8 Å². The topological polar surface area (TPSA) is 67.9 Å². The Kier molecular flexibility index (Phi) is 5.41. The van der Waals surface area contributed by atoms with Gasteiger partial charge in [-0.05, 0) is 42.0 Å². The fourth-order valence-electron chi connectivity index (χ4n) is 3.39. The second kappa shape index (κ2) is 8.31. The predicted octanol–water partition coefficient (Wildman–Crippen LogP) is 4.24. The summed E-state index contributed by atoms with van der Waals surface area (Å²) in [6.45, 7) is 0. The first-order valence-corrected chi connectivity index (χ1v) is 9.46. The molecule has 0 fully saturated rings. The Balaban J connectivity index is 1.84. The smallest absolute Gasteiger partial charge is 0.282 e. The number of nitrogens with one attached hydrogen (secondary N) is 1. The number of anilines is 2. The molecule has 0 bridgehead atoms. The van der Waals surface area contributed by atoms with Crippen LogP contribution >= 0.6 is 0 Å². The van der Waals surface area contributed by atoms with Gasteiger partial charge in [-0.15, -0.1) is 0 Å². The highest BCUT2D eigenvalue weighted by molar-refractivity contribution is 6.46. The molecule has 1 aliphatic rings. The summed E-state index contributed by atoms with van der Waals surface area (Å²) in [4.78, 5) is 28.0. The Morgan fingerprint density at radius 2 is 1.55 bits per heavy atom. The van der Waals surface area contributed by atoms with E-state index in [0.717, 1.165) is 4.90 Å². The Morgan fingerprint density at radius 1 is 0.839 bits per heavy atom. The van der Waals surface area contributed by atoms with Crippen LogP contribution in [0.15, 0.2) is 78.5 Å². The summed E-state index contributed by atoms with van der Waals surface area (Å²) >= 11 is 0. The fraction of sp³-hybridized carbons (Fsp3) is 0.0833. The molecule has 0 saturated heterocycles. The standard InChI is InChI=1S/C24H19FN2O4/c1-30-18-12-13-20(31-2)19(14-18)27-23(28)21(15-6-4-3-5-7-15)22(24(27)29)26-17-10-8-16(25)9-11-17/h3-14,26H,1-2H3. The highest BCUT2D eigenvalue weighted by atomic mass is 19.1. The molecule has 4 rings (SSSR count). The van der Waals surface area contributed by atoms with E-state index < -0.39 is 17.6 Å². The van der Waals surface area contributed by atoms with Crippen LogP contribution in [0.2, 0.25) is 0 Å². The molecule has 31 heavy (non-hydrogen) atoms. The molecule has 156 valence electrons. The quantitative estimate of drug-likeness (QED) is 0.607. The molecule has 0 saturated carbocycles. The number of imide groups is 1. The van der Waals surface area contributed by atoms with Crippen molar-refractivity contribution in [3.8, 4) is 11.5 Å². The minimum atomic E-state index is -0.556. The number of hydrogen-bond donors (Lipinski definition) is 1. The monoisotopic (exact) mass is 418 g/mol. The molecule has 3 aromatic rings. The van der Waals surface area contributed by atoms with E-state index in [4.69, 9.17) is 9.47 Å². The lowest BCUT2D eigenvalue weighted by Gasteiger charge is -2.19. The van der Waals surface area contributed by atoms with Crippen molar-refractivity contribution in [2.75, 3.05) is 24.4 Å². The van der Waals surface area contributed by atoms with Gasteiger partial charge in [-0.3, -0.25) is 9.59 Å². The lowest BCUT2D eigenvalue weighted by Crippen LogP contribution is -2.32. The molecule has 7 heteroatoms. The molecule has 0 aromatic heterocycles. The molecule has 0 aliphatic carbocycles. The predicted molar refractivity (Wildman–Crippen MR) is 115 cm³/mol. The van der Waals surface area contributed by atoms with Crippen molar-refractivity contribution in [2.24, 2.45) is 0 Å². The van der Waals surface area contributed by atoms with E-state index in [0.29, 0.717) is 22.7 Å². The van der Waals surface area contributed by atoms with Crippen LogP contribution in [0.3, 0.4) is 0 Å². The summed E-state index contributed by atoms with van der Waals surface area (Å²) in [6.07, 6.45) is 0. The number of carbonyl (C=O) groups is 2. The number of nitrogens with zero attached hydrogens (tertiary/aromatic N) is 1. The Bertz CT molecular complexity index is 1170. The average molecular weight is 418 g/mol. The molecule has 1 heterocycles. The number of halogens is 1. The van der Waals surface area contributed by atoms with Crippen molar-refractivity contribution in [1.29, 1.82) is 0 Å². The van der Waals surface area contributed by atoms with Crippen LogP contribution in [0.4, 0.5) is 15.8 Å². The van der Waals surface area contributed by atoms with E-state index in [1.54, 1.807) is 42.5 Å². The summed E-state index contributed by atoms with van der Waals surface area (Å²) < 4.78 is 24.0. The number of carbonyl (C=O) groups excluding carboxylic acids is 2. The number of benzene rings is 3. The Labute approximate surface area is 178 Å². The van der Waals surface area contributed by atoms with Crippen molar-refractivity contribution in [3.05, 3.63) is 89.9 Å². The van der Waals surface area contributed by atoms with Crippen LogP contribution in [0.25, 0.3) is 5.57 Å². The molecular weight excluding hydrogens is 399 g/mol. The van der Waals surface area contributed by atoms with Crippen LogP contribution < -0.4 is 19.7 Å². The van der Waals surface area contributed by atoms with Gasteiger partial charge < -0.3 is 14.8 Å². The van der Waals surface area contributed by atoms with Crippen LogP contribution in [0.5, 0.6) is 11.5 Å². The van der Waals surface area contributed by atoms with Crippen LogP contribution in [0, 0.1) is 5.82 Å². The van der Waals surface area contributed by atoms with E-state index >= 15 is 0 Å². The van der Waals surface area contributed by atoms with Gasteiger partial charge in [0.1, 0.15) is 23.0 Å².